The second-order valence-corrected chi connectivity index (χ2v) is 3.15. The molecule has 0 aliphatic carbocycles. The zero-order chi connectivity index (χ0) is 11.6. The van der Waals surface area contributed by atoms with Gasteiger partial charge in [-0.2, -0.15) is 8.78 Å². The largest absolute Gasteiger partial charge is 0.475 e. The molecular weight excluding hydrogens is 230 g/mol. The van der Waals surface area contributed by atoms with Crippen molar-refractivity contribution in [2.75, 3.05) is 0 Å². The number of halogens is 3. The smallest absolute Gasteiger partial charge is 0.379 e. The molecule has 0 spiro atoms. The van der Waals surface area contributed by atoms with Crippen LogP contribution in [-0.4, -0.2) is 16.9 Å². The molecule has 0 heterocycles. The lowest BCUT2D eigenvalue weighted by Crippen LogP contribution is -2.32. The SMILES string of the molecule is O=C(O)C(=O)C(F)(F)c1ccc(Cl)cc1. The van der Waals surface area contributed by atoms with Crippen LogP contribution in [0.15, 0.2) is 24.3 Å². The minimum atomic E-state index is -4.03. The van der Waals surface area contributed by atoms with Gasteiger partial charge in [0, 0.05) is 10.6 Å². The number of Topliss-reactive ketones (excluding diaryl/α,β-unsaturated/α-hetero) is 1. The molecule has 1 aromatic carbocycles. The number of alkyl halides is 2. The third-order valence-corrected chi connectivity index (χ3v) is 1.94. The molecule has 0 aromatic heterocycles. The highest BCUT2D eigenvalue weighted by Crippen LogP contribution is 2.29. The van der Waals surface area contributed by atoms with Crippen LogP contribution in [-0.2, 0) is 15.5 Å². The molecule has 6 heteroatoms. The number of ketones is 1. The summed E-state index contributed by atoms with van der Waals surface area (Å²) in [5.74, 6) is -8.36. The van der Waals surface area contributed by atoms with Gasteiger partial charge in [0.05, 0.1) is 0 Å². The Hall–Kier alpha value is -1.49. The van der Waals surface area contributed by atoms with Crippen LogP contribution in [0.2, 0.25) is 5.02 Å². The molecule has 0 saturated carbocycles. The van der Waals surface area contributed by atoms with Gasteiger partial charge in [-0.05, 0) is 12.1 Å². The van der Waals surface area contributed by atoms with Crippen molar-refractivity contribution in [1.29, 1.82) is 0 Å². The average Bonchev–Trinajstić information content (AvgIpc) is 2.17. The van der Waals surface area contributed by atoms with E-state index < -0.39 is 23.2 Å². The van der Waals surface area contributed by atoms with Crippen molar-refractivity contribution in [3.8, 4) is 0 Å². The van der Waals surface area contributed by atoms with Gasteiger partial charge in [-0.3, -0.25) is 4.79 Å². The quantitative estimate of drug-likeness (QED) is 0.815. The minimum Gasteiger partial charge on any atom is -0.475 e. The summed E-state index contributed by atoms with van der Waals surface area (Å²) in [5.41, 5.74) is -0.695. The lowest BCUT2D eigenvalue weighted by molar-refractivity contribution is -0.163. The van der Waals surface area contributed by atoms with Gasteiger partial charge in [0.2, 0.25) is 0 Å². The van der Waals surface area contributed by atoms with E-state index in [-0.39, 0.29) is 5.02 Å². The zero-order valence-corrected chi connectivity index (χ0v) is 7.96. The maximum Gasteiger partial charge on any atom is 0.379 e. The van der Waals surface area contributed by atoms with Crippen LogP contribution in [0.1, 0.15) is 5.56 Å². The van der Waals surface area contributed by atoms with Crippen molar-refractivity contribution in [2.24, 2.45) is 0 Å². The minimum absolute atomic E-state index is 0.220. The highest BCUT2D eigenvalue weighted by atomic mass is 35.5. The van der Waals surface area contributed by atoms with E-state index in [1.54, 1.807) is 0 Å². The normalized spacial score (nSPS) is 11.1. The molecule has 1 N–H and O–H groups in total. The molecule has 0 atom stereocenters. The molecule has 1 aromatic rings. The fourth-order valence-electron chi connectivity index (χ4n) is 0.925. The molecule has 0 amide bonds. The number of hydrogen-bond acceptors (Lipinski definition) is 2. The summed E-state index contributed by atoms with van der Waals surface area (Å²) in [7, 11) is 0. The number of hydrogen-bond donors (Lipinski definition) is 1. The van der Waals surface area contributed by atoms with E-state index >= 15 is 0 Å². The highest BCUT2D eigenvalue weighted by molar-refractivity contribution is 6.35. The Balaban J connectivity index is 3.10. The van der Waals surface area contributed by atoms with Gasteiger partial charge in [-0.25, -0.2) is 4.79 Å². The molecule has 0 radical (unpaired) electrons. The van der Waals surface area contributed by atoms with E-state index in [9.17, 15) is 18.4 Å². The van der Waals surface area contributed by atoms with Crippen LogP contribution in [0.4, 0.5) is 8.78 Å². The molecule has 1 rings (SSSR count). The number of carbonyl (C=O) groups is 2. The molecule has 0 unspecified atom stereocenters. The van der Waals surface area contributed by atoms with Crippen molar-refractivity contribution < 1.29 is 23.5 Å². The van der Waals surface area contributed by atoms with Crippen LogP contribution in [0.3, 0.4) is 0 Å². The van der Waals surface area contributed by atoms with Crippen LogP contribution in [0.25, 0.3) is 0 Å². The van der Waals surface area contributed by atoms with Gasteiger partial charge in [0.15, 0.2) is 0 Å². The van der Waals surface area contributed by atoms with Crippen LogP contribution < -0.4 is 0 Å². The second kappa shape index (κ2) is 3.94. The summed E-state index contributed by atoms with van der Waals surface area (Å²) < 4.78 is 26.3. The Morgan fingerprint density at radius 3 is 2.07 bits per heavy atom. The molecule has 3 nitrogen and oxygen atoms in total. The van der Waals surface area contributed by atoms with E-state index in [4.69, 9.17) is 16.7 Å². The number of carboxylic acid groups (broad SMARTS) is 1. The fraction of sp³-hybridized carbons (Fsp3) is 0.111. The monoisotopic (exact) mass is 234 g/mol. The topological polar surface area (TPSA) is 54.4 Å². The van der Waals surface area contributed by atoms with Crippen molar-refractivity contribution in [3.05, 3.63) is 34.9 Å². The average molecular weight is 235 g/mol. The van der Waals surface area contributed by atoms with Gasteiger partial charge in [-0.1, -0.05) is 23.7 Å². The van der Waals surface area contributed by atoms with Crippen molar-refractivity contribution in [2.45, 2.75) is 5.92 Å². The van der Waals surface area contributed by atoms with E-state index in [1.165, 1.54) is 0 Å². The summed E-state index contributed by atoms with van der Waals surface area (Å²) in [6.45, 7) is 0. The van der Waals surface area contributed by atoms with Gasteiger partial charge in [-0.15, -0.1) is 0 Å². The highest BCUT2D eigenvalue weighted by Gasteiger charge is 2.44. The number of carbonyl (C=O) groups excluding carboxylic acids is 1. The number of aliphatic carboxylic acids is 1. The van der Waals surface area contributed by atoms with Crippen LogP contribution >= 0.6 is 11.6 Å². The Morgan fingerprint density at radius 2 is 1.67 bits per heavy atom. The van der Waals surface area contributed by atoms with E-state index in [1.807, 2.05) is 0 Å². The molecule has 0 fully saturated rings. The summed E-state index contributed by atoms with van der Waals surface area (Å²) in [6, 6.07) is 4.12. The third-order valence-electron chi connectivity index (χ3n) is 1.69. The standard InChI is InChI=1S/C9H5ClF2O3/c10-6-3-1-5(2-4-6)9(11,12)7(13)8(14)15/h1-4H,(H,14,15). The molecule has 0 aliphatic heterocycles. The Labute approximate surface area is 88.3 Å². The van der Waals surface area contributed by atoms with Crippen molar-refractivity contribution in [1.82, 2.24) is 0 Å². The maximum absolute atomic E-state index is 13.2. The molecular formula is C9H5ClF2O3. The van der Waals surface area contributed by atoms with Gasteiger partial charge in [0.25, 0.3) is 0 Å². The van der Waals surface area contributed by atoms with E-state index in [0.717, 1.165) is 24.3 Å². The number of benzene rings is 1. The first-order valence-electron chi connectivity index (χ1n) is 3.77. The second-order valence-electron chi connectivity index (χ2n) is 2.72. The first-order chi connectivity index (χ1) is 6.85. The van der Waals surface area contributed by atoms with Gasteiger partial charge in [0.1, 0.15) is 0 Å². The fourth-order valence-corrected chi connectivity index (χ4v) is 1.05. The van der Waals surface area contributed by atoms with Crippen LogP contribution in [0.5, 0.6) is 0 Å². The Morgan fingerprint density at radius 1 is 1.20 bits per heavy atom. The van der Waals surface area contributed by atoms with Gasteiger partial charge >= 0.3 is 17.7 Å². The van der Waals surface area contributed by atoms with E-state index in [0.29, 0.717) is 0 Å². The summed E-state index contributed by atoms with van der Waals surface area (Å²) >= 11 is 5.46. The molecule has 0 saturated heterocycles. The molecule has 15 heavy (non-hydrogen) atoms. The maximum atomic E-state index is 13.2. The predicted molar refractivity (Wildman–Crippen MR) is 48.0 cm³/mol. The Bertz CT molecular complexity index is 400. The van der Waals surface area contributed by atoms with Crippen molar-refractivity contribution in [3.63, 3.8) is 0 Å². The predicted octanol–water partition coefficient (Wildman–Crippen LogP) is 2.09. The number of carboxylic acids is 1. The number of rotatable bonds is 3. The summed E-state index contributed by atoms with van der Waals surface area (Å²) in [4.78, 5) is 20.8. The third kappa shape index (κ3) is 2.30. The van der Waals surface area contributed by atoms with Gasteiger partial charge < -0.3 is 5.11 Å². The van der Waals surface area contributed by atoms with Crippen LogP contribution in [0, 0.1) is 0 Å². The lowest BCUT2D eigenvalue weighted by atomic mass is 10.0. The molecule has 80 valence electrons. The summed E-state index contributed by atoms with van der Waals surface area (Å²) in [6.07, 6.45) is 0. The first-order valence-corrected chi connectivity index (χ1v) is 4.15. The molecule has 0 aliphatic rings. The van der Waals surface area contributed by atoms with E-state index in [2.05, 4.69) is 0 Å². The summed E-state index contributed by atoms with van der Waals surface area (Å²) in [5, 5.41) is 8.40. The Kier molecular flexibility index (Phi) is 3.04. The zero-order valence-electron chi connectivity index (χ0n) is 7.21. The van der Waals surface area contributed by atoms with Crippen molar-refractivity contribution >= 4 is 23.4 Å². The molecule has 0 bridgehead atoms. The lowest BCUT2D eigenvalue weighted by Gasteiger charge is -2.12. The first kappa shape index (κ1) is 11.6.